The summed E-state index contributed by atoms with van der Waals surface area (Å²) in [5, 5.41) is 5.08. The number of hydrogen-bond acceptors (Lipinski definition) is 5. The summed E-state index contributed by atoms with van der Waals surface area (Å²) < 4.78 is 6.16. The molecular weight excluding hydrogens is 368 g/mol. The Morgan fingerprint density at radius 3 is 2.81 bits per heavy atom. The molecule has 0 spiro atoms. The van der Waals surface area contributed by atoms with Crippen molar-refractivity contribution >= 4 is 40.0 Å². The third-order valence-electron chi connectivity index (χ3n) is 4.22. The molecule has 0 amide bonds. The van der Waals surface area contributed by atoms with Gasteiger partial charge in [-0.25, -0.2) is 4.98 Å². The maximum atomic E-state index is 12.8. The SMILES string of the molecule is CCSc1oc2c(C(C)Nc3cccnc3Cl)cc(C)cc2c(=O)c1C. The fraction of sp³-hybridized carbons (Fsp3) is 0.300. The van der Waals surface area contributed by atoms with E-state index in [4.69, 9.17) is 16.0 Å². The number of anilines is 1. The number of fused-ring (bicyclic) bond motifs is 1. The van der Waals surface area contributed by atoms with Crippen LogP contribution in [-0.2, 0) is 0 Å². The van der Waals surface area contributed by atoms with Crippen LogP contribution in [0.3, 0.4) is 0 Å². The van der Waals surface area contributed by atoms with Crippen molar-refractivity contribution in [3.05, 3.63) is 62.5 Å². The largest absolute Gasteiger partial charge is 0.449 e. The Kier molecular flexibility index (Phi) is 5.58. The molecule has 1 atom stereocenters. The minimum atomic E-state index is -0.107. The lowest BCUT2D eigenvalue weighted by Gasteiger charge is -2.19. The van der Waals surface area contributed by atoms with E-state index in [1.54, 1.807) is 18.0 Å². The van der Waals surface area contributed by atoms with Gasteiger partial charge in [0.2, 0.25) is 0 Å². The number of thioether (sulfide) groups is 1. The summed E-state index contributed by atoms with van der Waals surface area (Å²) in [6.45, 7) is 7.86. The lowest BCUT2D eigenvalue weighted by Crippen LogP contribution is -2.12. The third-order valence-corrected chi connectivity index (χ3v) is 5.46. The molecule has 136 valence electrons. The van der Waals surface area contributed by atoms with Gasteiger partial charge in [0.1, 0.15) is 5.58 Å². The van der Waals surface area contributed by atoms with E-state index in [2.05, 4.69) is 10.3 Å². The maximum absolute atomic E-state index is 12.8. The highest BCUT2D eigenvalue weighted by Gasteiger charge is 2.18. The molecule has 0 saturated carbocycles. The number of benzene rings is 1. The highest BCUT2D eigenvalue weighted by Crippen LogP contribution is 2.32. The van der Waals surface area contributed by atoms with Crippen molar-refractivity contribution in [2.75, 3.05) is 11.1 Å². The highest BCUT2D eigenvalue weighted by molar-refractivity contribution is 7.99. The smallest absolute Gasteiger partial charge is 0.196 e. The fourth-order valence-corrected chi connectivity index (χ4v) is 3.83. The van der Waals surface area contributed by atoms with Crippen LogP contribution in [0.1, 0.15) is 36.6 Å². The molecule has 0 radical (unpaired) electrons. The number of hydrogen-bond donors (Lipinski definition) is 1. The summed E-state index contributed by atoms with van der Waals surface area (Å²) in [7, 11) is 0. The molecule has 2 aromatic heterocycles. The van der Waals surface area contributed by atoms with Gasteiger partial charge >= 0.3 is 0 Å². The summed E-state index contributed by atoms with van der Waals surface area (Å²) in [5.74, 6) is 0.843. The Balaban J connectivity index is 2.15. The van der Waals surface area contributed by atoms with E-state index < -0.39 is 0 Å². The molecule has 0 saturated heterocycles. The van der Waals surface area contributed by atoms with Gasteiger partial charge in [0.25, 0.3) is 0 Å². The number of pyridine rings is 1. The minimum absolute atomic E-state index is 0.0266. The summed E-state index contributed by atoms with van der Waals surface area (Å²) in [5.41, 5.74) is 4.00. The first-order chi connectivity index (χ1) is 12.4. The van der Waals surface area contributed by atoms with Gasteiger partial charge < -0.3 is 9.73 Å². The van der Waals surface area contributed by atoms with Gasteiger partial charge in [0.15, 0.2) is 15.7 Å². The summed E-state index contributed by atoms with van der Waals surface area (Å²) in [6, 6.07) is 7.53. The van der Waals surface area contributed by atoms with E-state index in [9.17, 15) is 4.79 Å². The molecule has 0 fully saturated rings. The van der Waals surface area contributed by atoms with Gasteiger partial charge in [-0.3, -0.25) is 4.79 Å². The average molecular weight is 389 g/mol. The monoisotopic (exact) mass is 388 g/mol. The Bertz CT molecular complexity index is 1020. The van der Waals surface area contributed by atoms with E-state index in [0.717, 1.165) is 22.6 Å². The van der Waals surface area contributed by atoms with Crippen LogP contribution >= 0.6 is 23.4 Å². The van der Waals surface area contributed by atoms with E-state index in [1.807, 2.05) is 52.0 Å². The molecule has 1 unspecified atom stereocenters. The van der Waals surface area contributed by atoms with Gasteiger partial charge in [-0.2, -0.15) is 0 Å². The Labute approximate surface area is 162 Å². The number of halogens is 1. The van der Waals surface area contributed by atoms with Crippen LogP contribution in [0.2, 0.25) is 5.15 Å². The zero-order chi connectivity index (χ0) is 18.8. The second-order valence-electron chi connectivity index (χ2n) is 6.22. The number of nitrogens with one attached hydrogen (secondary N) is 1. The molecule has 0 aliphatic rings. The van der Waals surface area contributed by atoms with Crippen molar-refractivity contribution in [3.8, 4) is 0 Å². The molecule has 0 bridgehead atoms. The number of aryl methyl sites for hydroxylation is 1. The van der Waals surface area contributed by atoms with E-state index >= 15 is 0 Å². The van der Waals surface area contributed by atoms with Gasteiger partial charge in [-0.1, -0.05) is 36.4 Å². The molecule has 1 N–H and O–H groups in total. The van der Waals surface area contributed by atoms with E-state index in [0.29, 0.717) is 26.8 Å². The number of aromatic nitrogens is 1. The van der Waals surface area contributed by atoms with Crippen LogP contribution in [-0.4, -0.2) is 10.7 Å². The second kappa shape index (κ2) is 7.72. The first-order valence-electron chi connectivity index (χ1n) is 8.50. The number of rotatable bonds is 5. The lowest BCUT2D eigenvalue weighted by molar-refractivity contribution is 0.488. The molecule has 0 aliphatic carbocycles. The zero-order valence-electron chi connectivity index (χ0n) is 15.2. The van der Waals surface area contributed by atoms with Crippen LogP contribution in [0.4, 0.5) is 5.69 Å². The van der Waals surface area contributed by atoms with Crippen LogP contribution in [0.5, 0.6) is 0 Å². The van der Waals surface area contributed by atoms with Gasteiger partial charge in [-0.15, -0.1) is 0 Å². The summed E-state index contributed by atoms with van der Waals surface area (Å²) >= 11 is 7.71. The van der Waals surface area contributed by atoms with Crippen molar-refractivity contribution < 1.29 is 4.42 Å². The lowest BCUT2D eigenvalue weighted by atomic mass is 10.0. The van der Waals surface area contributed by atoms with Crippen molar-refractivity contribution in [3.63, 3.8) is 0 Å². The van der Waals surface area contributed by atoms with Gasteiger partial charge in [0.05, 0.1) is 17.1 Å². The molecular formula is C20H21ClN2O2S. The molecule has 2 heterocycles. The van der Waals surface area contributed by atoms with Crippen LogP contribution in [0.15, 0.2) is 44.8 Å². The number of nitrogens with zero attached hydrogens (tertiary/aromatic N) is 1. The second-order valence-corrected chi connectivity index (χ2v) is 7.81. The quantitative estimate of drug-likeness (QED) is 0.446. The minimum Gasteiger partial charge on any atom is -0.449 e. The van der Waals surface area contributed by atoms with Crippen LogP contribution in [0, 0.1) is 13.8 Å². The summed E-state index contributed by atoms with van der Waals surface area (Å²) in [6.07, 6.45) is 1.65. The normalized spacial score (nSPS) is 12.3. The molecule has 6 heteroatoms. The average Bonchev–Trinajstić information content (AvgIpc) is 2.61. The molecule has 0 aliphatic heterocycles. The van der Waals surface area contributed by atoms with E-state index in [-0.39, 0.29) is 11.5 Å². The topological polar surface area (TPSA) is 55.1 Å². The predicted molar refractivity (Wildman–Crippen MR) is 110 cm³/mol. The molecule has 3 aromatic rings. The Hall–Kier alpha value is -1.98. The zero-order valence-corrected chi connectivity index (χ0v) is 16.8. The van der Waals surface area contributed by atoms with Crippen molar-refractivity contribution in [2.24, 2.45) is 0 Å². The van der Waals surface area contributed by atoms with Crippen molar-refractivity contribution in [1.82, 2.24) is 4.98 Å². The Morgan fingerprint density at radius 2 is 2.12 bits per heavy atom. The fourth-order valence-electron chi connectivity index (χ4n) is 2.94. The maximum Gasteiger partial charge on any atom is 0.196 e. The molecule has 26 heavy (non-hydrogen) atoms. The van der Waals surface area contributed by atoms with Gasteiger partial charge in [0, 0.05) is 17.3 Å². The first-order valence-corrected chi connectivity index (χ1v) is 9.86. The highest BCUT2D eigenvalue weighted by atomic mass is 35.5. The molecule has 4 nitrogen and oxygen atoms in total. The summed E-state index contributed by atoms with van der Waals surface area (Å²) in [4.78, 5) is 16.9. The van der Waals surface area contributed by atoms with Crippen molar-refractivity contribution in [2.45, 2.75) is 38.8 Å². The molecule has 3 rings (SSSR count). The van der Waals surface area contributed by atoms with Gasteiger partial charge in [-0.05, 0) is 50.3 Å². The molecule has 1 aromatic carbocycles. The van der Waals surface area contributed by atoms with E-state index in [1.165, 1.54) is 0 Å². The van der Waals surface area contributed by atoms with Crippen LogP contribution < -0.4 is 10.7 Å². The van der Waals surface area contributed by atoms with Crippen molar-refractivity contribution in [1.29, 1.82) is 0 Å². The first kappa shape index (κ1) is 18.8. The standard InChI is InChI=1S/C20H21ClN2O2S/c1-5-26-20-12(3)17(24)15-10-11(2)9-14(18(15)25-20)13(4)23-16-7-6-8-22-19(16)21/h6-10,13,23H,5H2,1-4H3. The van der Waals surface area contributed by atoms with Crippen LogP contribution in [0.25, 0.3) is 11.0 Å². The Morgan fingerprint density at radius 1 is 1.35 bits per heavy atom. The predicted octanol–water partition coefficient (Wildman–Crippen LogP) is 5.74. The third kappa shape index (κ3) is 3.60.